The van der Waals surface area contributed by atoms with Crippen molar-refractivity contribution in [2.24, 2.45) is 5.10 Å². The highest BCUT2D eigenvalue weighted by atomic mass is 16.5. The first kappa shape index (κ1) is 15.5. The Morgan fingerprint density at radius 1 is 1.21 bits per heavy atom. The third-order valence-corrected chi connectivity index (χ3v) is 3.55. The molecule has 0 saturated carbocycles. The second kappa shape index (κ2) is 6.41. The van der Waals surface area contributed by atoms with E-state index in [1.165, 1.54) is 20.4 Å². The average Bonchev–Trinajstić information content (AvgIpc) is 3.02. The van der Waals surface area contributed by atoms with Crippen LogP contribution in [0, 0.1) is 0 Å². The van der Waals surface area contributed by atoms with E-state index in [0.29, 0.717) is 11.3 Å². The van der Waals surface area contributed by atoms with Gasteiger partial charge in [-0.1, -0.05) is 12.1 Å². The van der Waals surface area contributed by atoms with Crippen molar-refractivity contribution < 1.29 is 19.4 Å². The van der Waals surface area contributed by atoms with Crippen LogP contribution in [0.15, 0.2) is 47.8 Å². The van der Waals surface area contributed by atoms with Gasteiger partial charge < -0.3 is 14.6 Å². The van der Waals surface area contributed by atoms with Crippen LogP contribution >= 0.6 is 0 Å². The number of carboxylic acid groups (broad SMARTS) is 1. The first-order valence-corrected chi connectivity index (χ1v) is 7.10. The number of para-hydroxylation sites is 2. The van der Waals surface area contributed by atoms with E-state index in [4.69, 9.17) is 9.47 Å². The Morgan fingerprint density at radius 3 is 2.71 bits per heavy atom. The molecule has 0 saturated heterocycles. The molecule has 2 aromatic carbocycles. The Balaban J connectivity index is 2.08. The minimum atomic E-state index is -1.12. The van der Waals surface area contributed by atoms with E-state index in [1.807, 2.05) is 24.3 Å². The van der Waals surface area contributed by atoms with Crippen LogP contribution in [-0.4, -0.2) is 41.2 Å². The molecule has 0 atom stereocenters. The monoisotopic (exact) mass is 325 g/mol. The number of imidazole rings is 1. The van der Waals surface area contributed by atoms with Crippen LogP contribution in [0.2, 0.25) is 0 Å². The van der Waals surface area contributed by atoms with Crippen LogP contribution in [-0.2, 0) is 0 Å². The summed E-state index contributed by atoms with van der Waals surface area (Å²) in [7, 11) is 2.85. The fraction of sp³-hybridized carbons (Fsp3) is 0.118. The van der Waals surface area contributed by atoms with Crippen molar-refractivity contribution in [1.82, 2.24) is 9.66 Å². The van der Waals surface area contributed by atoms with Gasteiger partial charge in [0.1, 0.15) is 11.9 Å². The van der Waals surface area contributed by atoms with Crippen LogP contribution in [0.3, 0.4) is 0 Å². The zero-order valence-corrected chi connectivity index (χ0v) is 13.1. The summed E-state index contributed by atoms with van der Waals surface area (Å²) in [4.78, 5) is 15.9. The van der Waals surface area contributed by atoms with Gasteiger partial charge in [-0.05, 0) is 24.3 Å². The third kappa shape index (κ3) is 2.67. The number of carbonyl (C=O) groups is 1. The molecule has 0 unspecified atom stereocenters. The number of benzene rings is 2. The zero-order valence-electron chi connectivity index (χ0n) is 13.1. The highest BCUT2D eigenvalue weighted by Gasteiger charge is 2.20. The summed E-state index contributed by atoms with van der Waals surface area (Å²) in [5, 5.41) is 13.8. The van der Waals surface area contributed by atoms with Crippen LogP contribution in [0.25, 0.3) is 11.0 Å². The molecule has 1 aromatic heterocycles. The minimum absolute atomic E-state index is 0.00924. The molecule has 122 valence electrons. The Hall–Kier alpha value is -3.35. The highest BCUT2D eigenvalue weighted by Crippen LogP contribution is 2.33. The molecule has 3 rings (SSSR count). The first-order valence-electron chi connectivity index (χ1n) is 7.10. The van der Waals surface area contributed by atoms with Crippen LogP contribution in [0.1, 0.15) is 15.9 Å². The van der Waals surface area contributed by atoms with Crippen molar-refractivity contribution in [3.8, 4) is 11.5 Å². The Kier molecular flexibility index (Phi) is 4.15. The summed E-state index contributed by atoms with van der Waals surface area (Å²) in [6, 6.07) is 10.8. The van der Waals surface area contributed by atoms with Gasteiger partial charge in [-0.25, -0.2) is 14.5 Å². The molecule has 0 bridgehead atoms. The number of aromatic nitrogens is 2. The number of methoxy groups -OCH3 is 2. The van der Waals surface area contributed by atoms with Crippen LogP contribution < -0.4 is 9.47 Å². The molecule has 1 heterocycles. The normalized spacial score (nSPS) is 11.1. The second-order valence-corrected chi connectivity index (χ2v) is 4.89. The molecule has 7 heteroatoms. The molecular weight excluding hydrogens is 310 g/mol. The number of aromatic carboxylic acids is 1. The van der Waals surface area contributed by atoms with Gasteiger partial charge in [0.2, 0.25) is 0 Å². The maximum absolute atomic E-state index is 11.6. The van der Waals surface area contributed by atoms with Crippen LogP contribution in [0.4, 0.5) is 0 Å². The number of hydrogen-bond donors (Lipinski definition) is 1. The van der Waals surface area contributed by atoms with E-state index in [2.05, 4.69) is 10.1 Å². The van der Waals surface area contributed by atoms with Crippen molar-refractivity contribution in [2.75, 3.05) is 14.2 Å². The fourth-order valence-electron chi connectivity index (χ4n) is 2.43. The lowest BCUT2D eigenvalue weighted by Crippen LogP contribution is -2.07. The molecule has 0 spiro atoms. The molecule has 0 aliphatic heterocycles. The predicted molar refractivity (Wildman–Crippen MR) is 89.2 cm³/mol. The highest BCUT2D eigenvalue weighted by molar-refractivity contribution is 6.01. The van der Waals surface area contributed by atoms with Gasteiger partial charge >= 0.3 is 5.97 Å². The summed E-state index contributed by atoms with van der Waals surface area (Å²) in [6.45, 7) is 0. The lowest BCUT2D eigenvalue weighted by molar-refractivity contribution is 0.0692. The molecule has 24 heavy (non-hydrogen) atoms. The maximum Gasteiger partial charge on any atom is 0.340 e. The summed E-state index contributed by atoms with van der Waals surface area (Å²) in [6.07, 6.45) is 3.03. The topological polar surface area (TPSA) is 85.9 Å². The van der Waals surface area contributed by atoms with Gasteiger partial charge in [0.15, 0.2) is 11.5 Å². The lowest BCUT2D eigenvalue weighted by Gasteiger charge is -2.12. The Bertz CT molecular complexity index is 931. The second-order valence-electron chi connectivity index (χ2n) is 4.89. The molecule has 0 aliphatic carbocycles. The molecule has 7 nitrogen and oxygen atoms in total. The van der Waals surface area contributed by atoms with E-state index in [0.717, 1.165) is 11.0 Å². The molecule has 3 aromatic rings. The molecule has 0 amide bonds. The van der Waals surface area contributed by atoms with Crippen molar-refractivity contribution in [3.05, 3.63) is 53.9 Å². The largest absolute Gasteiger partial charge is 0.493 e. The number of carboxylic acids is 1. The van der Waals surface area contributed by atoms with Gasteiger partial charge in [0.05, 0.1) is 31.5 Å². The first-order chi connectivity index (χ1) is 11.7. The summed E-state index contributed by atoms with van der Waals surface area (Å²) >= 11 is 0. The fourth-order valence-corrected chi connectivity index (χ4v) is 2.43. The number of fused-ring (bicyclic) bond motifs is 1. The van der Waals surface area contributed by atoms with E-state index in [9.17, 15) is 9.90 Å². The summed E-state index contributed by atoms with van der Waals surface area (Å²) in [5.74, 6) is -0.618. The number of nitrogens with zero attached hydrogens (tertiary/aromatic N) is 3. The Morgan fingerprint density at radius 2 is 2.00 bits per heavy atom. The van der Waals surface area contributed by atoms with Crippen molar-refractivity contribution >= 4 is 23.2 Å². The molecule has 1 N–H and O–H groups in total. The number of hydrogen-bond acceptors (Lipinski definition) is 5. The van der Waals surface area contributed by atoms with E-state index >= 15 is 0 Å². The average molecular weight is 325 g/mol. The smallest absolute Gasteiger partial charge is 0.340 e. The molecule has 0 radical (unpaired) electrons. The Labute approximate surface area is 137 Å². The van der Waals surface area contributed by atoms with E-state index in [1.54, 1.807) is 23.1 Å². The quantitative estimate of drug-likeness (QED) is 0.729. The van der Waals surface area contributed by atoms with Gasteiger partial charge in [-0.3, -0.25) is 0 Å². The van der Waals surface area contributed by atoms with Gasteiger partial charge in [-0.15, -0.1) is 0 Å². The molecule has 0 fully saturated rings. The van der Waals surface area contributed by atoms with Gasteiger partial charge in [-0.2, -0.15) is 5.10 Å². The van der Waals surface area contributed by atoms with Gasteiger partial charge in [0, 0.05) is 5.56 Å². The van der Waals surface area contributed by atoms with Gasteiger partial charge in [0.25, 0.3) is 0 Å². The summed E-state index contributed by atoms with van der Waals surface area (Å²) in [5.41, 5.74) is 2.02. The van der Waals surface area contributed by atoms with Crippen LogP contribution in [0.5, 0.6) is 11.5 Å². The van der Waals surface area contributed by atoms with Crippen molar-refractivity contribution in [1.29, 1.82) is 0 Å². The predicted octanol–water partition coefficient (Wildman–Crippen LogP) is 2.63. The standard InChI is InChI=1S/C17H15N3O4/c1-23-14-8-7-11(15(17(21)22)16(14)24-2)9-19-20-10-18-12-5-3-4-6-13(12)20/h3-10H,1-2H3,(H,21,22)/b19-9-. The van der Waals surface area contributed by atoms with E-state index in [-0.39, 0.29) is 11.3 Å². The van der Waals surface area contributed by atoms with E-state index < -0.39 is 5.97 Å². The maximum atomic E-state index is 11.6. The zero-order chi connectivity index (χ0) is 17.1. The van der Waals surface area contributed by atoms with Crippen molar-refractivity contribution in [2.45, 2.75) is 0 Å². The number of rotatable bonds is 5. The summed E-state index contributed by atoms with van der Waals surface area (Å²) < 4.78 is 11.9. The molecule has 0 aliphatic rings. The molecular formula is C17H15N3O4. The number of ether oxygens (including phenoxy) is 2. The lowest BCUT2D eigenvalue weighted by atomic mass is 10.1. The third-order valence-electron chi connectivity index (χ3n) is 3.55. The van der Waals surface area contributed by atoms with Crippen molar-refractivity contribution in [3.63, 3.8) is 0 Å². The SMILES string of the molecule is COc1ccc(/C=N\n2cnc3ccccc32)c(C(=O)O)c1OC. The minimum Gasteiger partial charge on any atom is -0.493 e.